The number of fused-ring (bicyclic) bond motifs is 1. The number of sulfonamides is 1. The number of hydrogen-bond donors (Lipinski definition) is 3. The van der Waals surface area contributed by atoms with Crippen LogP contribution in [0.2, 0.25) is 5.02 Å². The lowest BCUT2D eigenvalue weighted by atomic mass is 10.2. The molecule has 0 aromatic carbocycles. The first-order valence-corrected chi connectivity index (χ1v) is 8.09. The summed E-state index contributed by atoms with van der Waals surface area (Å²) >= 11 is 6.00. The highest BCUT2D eigenvalue weighted by Crippen LogP contribution is 2.28. The standard InChI is InChI=1S/C12H14ClN3O4S/c1-2-3-8(12(17)18)16-21(19,20)9-6-15-11-10(9)7(13)4-5-14-11/h4-6,8,16H,2-3H2,1H3,(H,14,15)(H,17,18). The molecule has 2 aromatic heterocycles. The van der Waals surface area contributed by atoms with Gasteiger partial charge in [0.2, 0.25) is 10.0 Å². The average Bonchev–Trinajstić information content (AvgIpc) is 2.84. The van der Waals surface area contributed by atoms with E-state index in [0.29, 0.717) is 12.1 Å². The largest absolute Gasteiger partial charge is 0.480 e. The van der Waals surface area contributed by atoms with Gasteiger partial charge in [-0.2, -0.15) is 4.72 Å². The van der Waals surface area contributed by atoms with Crippen molar-refractivity contribution < 1.29 is 18.3 Å². The summed E-state index contributed by atoms with van der Waals surface area (Å²) in [7, 11) is -4.02. The smallest absolute Gasteiger partial charge is 0.321 e. The van der Waals surface area contributed by atoms with Crippen LogP contribution in [0.5, 0.6) is 0 Å². The molecule has 0 aliphatic heterocycles. The van der Waals surface area contributed by atoms with Crippen LogP contribution in [0.1, 0.15) is 19.8 Å². The van der Waals surface area contributed by atoms with E-state index in [0.717, 1.165) is 0 Å². The van der Waals surface area contributed by atoms with Crippen molar-refractivity contribution in [1.29, 1.82) is 0 Å². The Morgan fingerprint density at radius 2 is 2.29 bits per heavy atom. The number of pyridine rings is 1. The topological polar surface area (TPSA) is 112 Å². The van der Waals surface area contributed by atoms with Gasteiger partial charge in [0.25, 0.3) is 0 Å². The summed E-state index contributed by atoms with van der Waals surface area (Å²) in [5, 5.41) is 9.53. The second-order valence-corrected chi connectivity index (χ2v) is 6.56. The molecule has 114 valence electrons. The summed E-state index contributed by atoms with van der Waals surface area (Å²) < 4.78 is 26.9. The molecule has 21 heavy (non-hydrogen) atoms. The second-order valence-electron chi connectivity index (χ2n) is 4.47. The van der Waals surface area contributed by atoms with E-state index < -0.39 is 22.0 Å². The maximum Gasteiger partial charge on any atom is 0.321 e. The van der Waals surface area contributed by atoms with Crippen LogP contribution in [0.25, 0.3) is 11.0 Å². The summed E-state index contributed by atoms with van der Waals surface area (Å²) in [6.45, 7) is 1.77. The van der Waals surface area contributed by atoms with Crippen LogP contribution < -0.4 is 4.72 Å². The van der Waals surface area contributed by atoms with E-state index in [9.17, 15) is 13.2 Å². The Morgan fingerprint density at radius 3 is 2.90 bits per heavy atom. The van der Waals surface area contributed by atoms with E-state index in [1.54, 1.807) is 6.92 Å². The van der Waals surface area contributed by atoms with Gasteiger partial charge in [0.1, 0.15) is 16.6 Å². The minimum atomic E-state index is -4.02. The van der Waals surface area contributed by atoms with E-state index in [1.165, 1.54) is 18.5 Å². The number of carboxylic acids is 1. The van der Waals surface area contributed by atoms with Gasteiger partial charge in [-0.3, -0.25) is 4.79 Å². The Hall–Kier alpha value is -1.64. The molecule has 2 heterocycles. The quantitative estimate of drug-likeness (QED) is 0.746. The molecule has 1 unspecified atom stereocenters. The molecule has 7 nitrogen and oxygen atoms in total. The van der Waals surface area contributed by atoms with Gasteiger partial charge < -0.3 is 10.1 Å². The number of aliphatic carboxylic acids is 1. The minimum absolute atomic E-state index is 0.113. The minimum Gasteiger partial charge on any atom is -0.480 e. The van der Waals surface area contributed by atoms with Crippen molar-refractivity contribution >= 4 is 38.6 Å². The molecule has 1 atom stereocenters. The van der Waals surface area contributed by atoms with Gasteiger partial charge in [-0.1, -0.05) is 24.9 Å². The maximum atomic E-state index is 12.4. The zero-order chi connectivity index (χ0) is 15.6. The van der Waals surface area contributed by atoms with E-state index in [2.05, 4.69) is 14.7 Å². The number of halogens is 1. The van der Waals surface area contributed by atoms with Gasteiger partial charge in [0.05, 0.1) is 10.4 Å². The Bertz CT molecular complexity index is 772. The van der Waals surface area contributed by atoms with Crippen LogP contribution in [0.15, 0.2) is 23.4 Å². The number of nitrogens with one attached hydrogen (secondary N) is 2. The molecular weight excluding hydrogens is 318 g/mol. The molecular formula is C12H14ClN3O4S. The Balaban J connectivity index is 2.45. The number of hydrogen-bond acceptors (Lipinski definition) is 4. The molecule has 9 heteroatoms. The number of carboxylic acid groups (broad SMARTS) is 1. The molecule has 0 fully saturated rings. The molecule has 3 N–H and O–H groups in total. The van der Waals surface area contributed by atoms with Crippen LogP contribution >= 0.6 is 11.6 Å². The predicted molar refractivity (Wildman–Crippen MR) is 77.8 cm³/mol. The van der Waals surface area contributed by atoms with Crippen molar-refractivity contribution in [3.63, 3.8) is 0 Å². The molecule has 0 saturated heterocycles. The predicted octanol–water partition coefficient (Wildman–Crippen LogP) is 1.75. The van der Waals surface area contributed by atoms with Gasteiger partial charge >= 0.3 is 5.97 Å². The average molecular weight is 332 g/mol. The fourth-order valence-electron chi connectivity index (χ4n) is 1.97. The fraction of sp³-hybridized carbons (Fsp3) is 0.333. The van der Waals surface area contributed by atoms with Crippen LogP contribution in [0.4, 0.5) is 0 Å². The molecule has 0 amide bonds. The molecule has 0 bridgehead atoms. The molecule has 2 aromatic rings. The lowest BCUT2D eigenvalue weighted by Gasteiger charge is -2.13. The fourth-order valence-corrected chi connectivity index (χ4v) is 3.69. The first kappa shape index (κ1) is 15.7. The SMILES string of the molecule is CCCC(NS(=O)(=O)c1c[nH]c2nccc(Cl)c12)C(=O)O. The Morgan fingerprint density at radius 1 is 1.57 bits per heavy atom. The van der Waals surface area contributed by atoms with Crippen molar-refractivity contribution in [2.75, 3.05) is 0 Å². The van der Waals surface area contributed by atoms with Crippen molar-refractivity contribution in [2.24, 2.45) is 0 Å². The molecule has 0 spiro atoms. The maximum absolute atomic E-state index is 12.4. The highest BCUT2D eigenvalue weighted by Gasteiger charge is 2.27. The van der Waals surface area contributed by atoms with Crippen LogP contribution in [0.3, 0.4) is 0 Å². The number of nitrogens with zero attached hydrogens (tertiary/aromatic N) is 1. The zero-order valence-corrected chi connectivity index (χ0v) is 12.7. The zero-order valence-electron chi connectivity index (χ0n) is 11.1. The van der Waals surface area contributed by atoms with Gasteiger partial charge in [0, 0.05) is 12.4 Å². The first-order chi connectivity index (χ1) is 9.86. The molecule has 0 saturated carbocycles. The van der Waals surface area contributed by atoms with Crippen molar-refractivity contribution in [3.05, 3.63) is 23.5 Å². The highest BCUT2D eigenvalue weighted by atomic mass is 35.5. The third-order valence-electron chi connectivity index (χ3n) is 2.95. The normalized spacial score (nSPS) is 13.4. The molecule has 0 aliphatic rings. The summed E-state index contributed by atoms with van der Waals surface area (Å²) in [6, 6.07) is 0.290. The number of rotatable bonds is 6. The monoisotopic (exact) mass is 331 g/mol. The summed E-state index contributed by atoms with van der Waals surface area (Å²) in [5.74, 6) is -1.22. The van der Waals surface area contributed by atoms with E-state index in [4.69, 9.17) is 16.7 Å². The molecule has 2 rings (SSSR count). The van der Waals surface area contributed by atoms with Crippen LogP contribution in [-0.4, -0.2) is 35.5 Å². The van der Waals surface area contributed by atoms with Crippen molar-refractivity contribution in [3.8, 4) is 0 Å². The summed E-state index contributed by atoms with van der Waals surface area (Å²) in [5.41, 5.74) is 0.324. The third-order valence-corrected chi connectivity index (χ3v) is 4.76. The van der Waals surface area contributed by atoms with E-state index >= 15 is 0 Å². The number of aromatic nitrogens is 2. The van der Waals surface area contributed by atoms with E-state index in [-0.39, 0.29) is 21.7 Å². The van der Waals surface area contributed by atoms with Gasteiger partial charge in [-0.15, -0.1) is 0 Å². The lowest BCUT2D eigenvalue weighted by Crippen LogP contribution is -2.40. The van der Waals surface area contributed by atoms with Crippen molar-refractivity contribution in [1.82, 2.24) is 14.7 Å². The lowest BCUT2D eigenvalue weighted by molar-refractivity contribution is -0.139. The van der Waals surface area contributed by atoms with Crippen LogP contribution in [0, 0.1) is 0 Å². The van der Waals surface area contributed by atoms with Gasteiger partial charge in [-0.25, -0.2) is 13.4 Å². The summed E-state index contributed by atoms with van der Waals surface area (Å²) in [6.07, 6.45) is 3.43. The Labute approximate surface area is 126 Å². The Kier molecular flexibility index (Phi) is 4.50. The van der Waals surface area contributed by atoms with Gasteiger partial charge in [-0.05, 0) is 12.5 Å². The van der Waals surface area contributed by atoms with Gasteiger partial charge in [0.15, 0.2) is 0 Å². The van der Waals surface area contributed by atoms with Crippen molar-refractivity contribution in [2.45, 2.75) is 30.7 Å². The van der Waals surface area contributed by atoms with Crippen LogP contribution in [-0.2, 0) is 14.8 Å². The third kappa shape index (κ3) is 3.17. The number of aromatic amines is 1. The highest BCUT2D eigenvalue weighted by molar-refractivity contribution is 7.89. The van der Waals surface area contributed by atoms with E-state index in [1.807, 2.05) is 0 Å². The number of carbonyl (C=O) groups is 1. The number of H-pyrrole nitrogens is 1. The summed E-state index contributed by atoms with van der Waals surface area (Å²) in [4.78, 5) is 17.7. The molecule has 0 aliphatic carbocycles. The molecule has 0 radical (unpaired) electrons. The second kappa shape index (κ2) is 6.00. The first-order valence-electron chi connectivity index (χ1n) is 6.23.